The van der Waals surface area contributed by atoms with Gasteiger partial charge in [0.2, 0.25) is 0 Å². The predicted molar refractivity (Wildman–Crippen MR) is 78.4 cm³/mol. The first-order valence-corrected chi connectivity index (χ1v) is 7.51. The van der Waals surface area contributed by atoms with Crippen LogP contribution in [0.4, 0.5) is 4.39 Å². The van der Waals surface area contributed by atoms with Gasteiger partial charge in [0, 0.05) is 16.2 Å². The van der Waals surface area contributed by atoms with Crippen molar-refractivity contribution in [2.24, 2.45) is 0 Å². The Bertz CT molecular complexity index is 644. The van der Waals surface area contributed by atoms with Gasteiger partial charge in [0.25, 0.3) is 5.91 Å². The van der Waals surface area contributed by atoms with Crippen molar-refractivity contribution >= 4 is 17.7 Å². The second kappa shape index (κ2) is 5.67. The summed E-state index contributed by atoms with van der Waals surface area (Å²) >= 11 is 1.81. The third kappa shape index (κ3) is 2.70. The van der Waals surface area contributed by atoms with Gasteiger partial charge >= 0.3 is 0 Å². The number of carbonyl (C=O) groups is 1. The number of rotatable bonds is 2. The Morgan fingerprint density at radius 3 is 2.90 bits per heavy atom. The van der Waals surface area contributed by atoms with E-state index in [1.807, 2.05) is 18.2 Å². The molecule has 1 unspecified atom stereocenters. The van der Waals surface area contributed by atoms with Crippen LogP contribution in [0.2, 0.25) is 0 Å². The fourth-order valence-electron chi connectivity index (χ4n) is 2.36. The summed E-state index contributed by atoms with van der Waals surface area (Å²) in [5.74, 6) is 0.360. The first kappa shape index (κ1) is 13.2. The van der Waals surface area contributed by atoms with E-state index in [0.29, 0.717) is 5.56 Å². The molecule has 1 aliphatic heterocycles. The Kier molecular flexibility index (Phi) is 3.74. The molecule has 0 fully saturated rings. The SMILES string of the molecule is O=C(NC1CCSc2ccccc21)c1cccc(F)c1. The zero-order valence-electron chi connectivity index (χ0n) is 10.8. The molecule has 2 nitrogen and oxygen atoms in total. The molecule has 1 atom stereocenters. The molecule has 0 bridgehead atoms. The van der Waals surface area contributed by atoms with Crippen molar-refractivity contribution in [2.45, 2.75) is 17.4 Å². The molecule has 0 spiro atoms. The third-order valence-corrected chi connectivity index (χ3v) is 4.47. The molecule has 1 amide bonds. The number of halogens is 1. The summed E-state index contributed by atoms with van der Waals surface area (Å²) in [5, 5.41) is 3.00. The zero-order chi connectivity index (χ0) is 13.9. The molecule has 20 heavy (non-hydrogen) atoms. The summed E-state index contributed by atoms with van der Waals surface area (Å²) in [7, 11) is 0. The number of hydrogen-bond donors (Lipinski definition) is 1. The average Bonchev–Trinajstić information content (AvgIpc) is 2.47. The highest BCUT2D eigenvalue weighted by Crippen LogP contribution is 2.35. The summed E-state index contributed by atoms with van der Waals surface area (Å²) in [4.78, 5) is 13.4. The van der Waals surface area contributed by atoms with E-state index in [2.05, 4.69) is 11.4 Å². The van der Waals surface area contributed by atoms with Crippen LogP contribution in [0.5, 0.6) is 0 Å². The predicted octanol–water partition coefficient (Wildman–Crippen LogP) is 3.79. The minimum absolute atomic E-state index is 0.00298. The van der Waals surface area contributed by atoms with Crippen LogP contribution in [-0.4, -0.2) is 11.7 Å². The standard InChI is InChI=1S/C16H14FNOS/c17-12-5-3-4-11(10-12)16(19)18-14-8-9-20-15-7-2-1-6-13(14)15/h1-7,10,14H,8-9H2,(H,18,19). The number of nitrogens with one attached hydrogen (secondary N) is 1. The highest BCUT2D eigenvalue weighted by Gasteiger charge is 2.22. The highest BCUT2D eigenvalue weighted by atomic mass is 32.2. The molecule has 102 valence electrons. The van der Waals surface area contributed by atoms with Gasteiger partial charge < -0.3 is 5.32 Å². The van der Waals surface area contributed by atoms with Gasteiger partial charge in [0.1, 0.15) is 5.82 Å². The number of benzene rings is 2. The average molecular weight is 287 g/mol. The molecular formula is C16H14FNOS. The van der Waals surface area contributed by atoms with E-state index in [0.717, 1.165) is 17.7 Å². The van der Waals surface area contributed by atoms with Crippen LogP contribution in [0.25, 0.3) is 0 Å². The molecule has 1 aliphatic rings. The fourth-order valence-corrected chi connectivity index (χ4v) is 3.49. The third-order valence-electron chi connectivity index (χ3n) is 3.35. The Morgan fingerprint density at radius 1 is 1.20 bits per heavy atom. The summed E-state index contributed by atoms with van der Waals surface area (Å²) in [6, 6.07) is 13.9. The van der Waals surface area contributed by atoms with Crippen molar-refractivity contribution in [2.75, 3.05) is 5.75 Å². The van der Waals surface area contributed by atoms with Crippen molar-refractivity contribution in [3.05, 3.63) is 65.5 Å². The van der Waals surface area contributed by atoms with Crippen molar-refractivity contribution in [1.29, 1.82) is 0 Å². The van der Waals surface area contributed by atoms with Gasteiger partial charge in [-0.3, -0.25) is 4.79 Å². The Balaban J connectivity index is 1.81. The van der Waals surface area contributed by atoms with Crippen LogP contribution < -0.4 is 5.32 Å². The van der Waals surface area contributed by atoms with Crippen LogP contribution in [0, 0.1) is 5.82 Å². The van der Waals surface area contributed by atoms with E-state index >= 15 is 0 Å². The Morgan fingerprint density at radius 2 is 2.05 bits per heavy atom. The first-order chi connectivity index (χ1) is 9.74. The van der Waals surface area contributed by atoms with Gasteiger partial charge in [0.15, 0.2) is 0 Å². The number of thioether (sulfide) groups is 1. The lowest BCUT2D eigenvalue weighted by Gasteiger charge is -2.25. The molecule has 3 rings (SSSR count). The van der Waals surface area contributed by atoms with Gasteiger partial charge in [-0.05, 0) is 36.2 Å². The number of amides is 1. The number of hydrogen-bond acceptors (Lipinski definition) is 2. The maximum atomic E-state index is 13.2. The smallest absolute Gasteiger partial charge is 0.251 e. The minimum Gasteiger partial charge on any atom is -0.345 e. The van der Waals surface area contributed by atoms with E-state index in [4.69, 9.17) is 0 Å². The van der Waals surface area contributed by atoms with Gasteiger partial charge in [0.05, 0.1) is 6.04 Å². The summed E-state index contributed by atoms with van der Waals surface area (Å²) in [6.45, 7) is 0. The van der Waals surface area contributed by atoms with Crippen LogP contribution in [-0.2, 0) is 0 Å². The normalized spacial score (nSPS) is 17.4. The monoisotopic (exact) mass is 287 g/mol. The summed E-state index contributed by atoms with van der Waals surface area (Å²) in [5.41, 5.74) is 1.51. The van der Waals surface area contributed by atoms with Crippen molar-refractivity contribution in [3.63, 3.8) is 0 Å². The van der Waals surface area contributed by atoms with E-state index in [1.54, 1.807) is 23.9 Å². The van der Waals surface area contributed by atoms with Crippen molar-refractivity contribution < 1.29 is 9.18 Å². The molecule has 1 N–H and O–H groups in total. The second-order valence-electron chi connectivity index (χ2n) is 4.71. The maximum Gasteiger partial charge on any atom is 0.251 e. The van der Waals surface area contributed by atoms with Crippen molar-refractivity contribution in [3.8, 4) is 0 Å². The lowest BCUT2D eigenvalue weighted by atomic mass is 10.0. The van der Waals surface area contributed by atoms with Gasteiger partial charge in [-0.2, -0.15) is 0 Å². The highest BCUT2D eigenvalue weighted by molar-refractivity contribution is 7.99. The molecule has 0 radical (unpaired) electrons. The fraction of sp³-hybridized carbons (Fsp3) is 0.188. The molecule has 0 saturated carbocycles. The lowest BCUT2D eigenvalue weighted by molar-refractivity contribution is 0.0934. The van der Waals surface area contributed by atoms with Crippen LogP contribution in [0.15, 0.2) is 53.4 Å². The van der Waals surface area contributed by atoms with E-state index < -0.39 is 5.82 Å². The molecule has 0 aromatic heterocycles. The largest absolute Gasteiger partial charge is 0.345 e. The first-order valence-electron chi connectivity index (χ1n) is 6.52. The number of carbonyl (C=O) groups excluding carboxylic acids is 1. The van der Waals surface area contributed by atoms with E-state index in [-0.39, 0.29) is 11.9 Å². The number of fused-ring (bicyclic) bond motifs is 1. The maximum absolute atomic E-state index is 13.2. The summed E-state index contributed by atoms with van der Waals surface area (Å²) in [6.07, 6.45) is 0.892. The minimum atomic E-state index is -0.391. The molecule has 0 aliphatic carbocycles. The summed E-state index contributed by atoms with van der Waals surface area (Å²) < 4.78 is 13.2. The van der Waals surface area contributed by atoms with E-state index in [1.165, 1.54) is 17.0 Å². The Hall–Kier alpha value is -1.81. The van der Waals surface area contributed by atoms with Crippen LogP contribution in [0.1, 0.15) is 28.4 Å². The topological polar surface area (TPSA) is 29.1 Å². The second-order valence-corrected chi connectivity index (χ2v) is 5.85. The van der Waals surface area contributed by atoms with Gasteiger partial charge in [-0.25, -0.2) is 4.39 Å². The molecule has 4 heteroatoms. The molecule has 0 saturated heterocycles. The molecule has 2 aromatic carbocycles. The van der Waals surface area contributed by atoms with Crippen LogP contribution >= 0.6 is 11.8 Å². The van der Waals surface area contributed by atoms with Crippen molar-refractivity contribution in [1.82, 2.24) is 5.32 Å². The molecule has 1 heterocycles. The Labute approximate surface area is 121 Å². The lowest BCUT2D eigenvalue weighted by Crippen LogP contribution is -2.30. The zero-order valence-corrected chi connectivity index (χ0v) is 11.6. The van der Waals surface area contributed by atoms with Gasteiger partial charge in [-0.1, -0.05) is 24.3 Å². The van der Waals surface area contributed by atoms with E-state index in [9.17, 15) is 9.18 Å². The quantitative estimate of drug-likeness (QED) is 0.910. The molecular weight excluding hydrogens is 273 g/mol. The van der Waals surface area contributed by atoms with Gasteiger partial charge in [-0.15, -0.1) is 11.8 Å². The van der Waals surface area contributed by atoms with Crippen LogP contribution in [0.3, 0.4) is 0 Å². The molecule has 2 aromatic rings.